The number of hydrogen-bond donors (Lipinski definition) is 0. The SMILES string of the molecule is CN(C)c1ncccc1O[C@@H]1CCN(C(=O)c2cscn2)C1. The molecule has 1 saturated heterocycles. The van der Waals surface area contributed by atoms with Gasteiger partial charge in [0, 0.05) is 38.6 Å². The predicted molar refractivity (Wildman–Crippen MR) is 85.6 cm³/mol. The molecular weight excluding hydrogens is 300 g/mol. The Labute approximate surface area is 133 Å². The standard InChI is InChI=1S/C15H18N4O2S/c1-18(2)14-13(4-3-6-16-14)21-11-5-7-19(8-11)15(20)12-9-22-10-17-12/h3-4,6,9-11H,5,7-8H2,1-2H3/t11-/m1/s1. The van der Waals surface area contributed by atoms with Gasteiger partial charge in [0.15, 0.2) is 11.6 Å². The minimum atomic E-state index is -0.0219. The molecule has 1 amide bonds. The van der Waals surface area contributed by atoms with Crippen LogP contribution in [-0.2, 0) is 0 Å². The topological polar surface area (TPSA) is 58.6 Å². The van der Waals surface area contributed by atoms with Crippen LogP contribution in [0.25, 0.3) is 0 Å². The summed E-state index contributed by atoms with van der Waals surface area (Å²) in [6.07, 6.45) is 2.55. The van der Waals surface area contributed by atoms with Crippen LogP contribution in [0.4, 0.5) is 5.82 Å². The van der Waals surface area contributed by atoms with Gasteiger partial charge in [0.1, 0.15) is 11.8 Å². The fraction of sp³-hybridized carbons (Fsp3) is 0.400. The van der Waals surface area contributed by atoms with E-state index in [1.165, 1.54) is 11.3 Å². The van der Waals surface area contributed by atoms with Gasteiger partial charge in [-0.1, -0.05) is 0 Å². The molecule has 0 aliphatic carbocycles. The van der Waals surface area contributed by atoms with Crippen LogP contribution in [0.1, 0.15) is 16.9 Å². The molecule has 1 fully saturated rings. The van der Waals surface area contributed by atoms with Gasteiger partial charge in [-0.25, -0.2) is 9.97 Å². The van der Waals surface area contributed by atoms with Crippen LogP contribution >= 0.6 is 11.3 Å². The third-order valence-corrected chi connectivity index (χ3v) is 4.14. The molecule has 3 rings (SSSR count). The number of amides is 1. The normalized spacial score (nSPS) is 17.5. The molecular formula is C15H18N4O2S. The molecule has 1 atom stereocenters. The van der Waals surface area contributed by atoms with Crippen molar-refractivity contribution in [1.29, 1.82) is 0 Å². The van der Waals surface area contributed by atoms with Gasteiger partial charge < -0.3 is 14.5 Å². The molecule has 0 bridgehead atoms. The number of likely N-dealkylation sites (tertiary alicyclic amines) is 1. The Morgan fingerprint density at radius 2 is 2.32 bits per heavy atom. The summed E-state index contributed by atoms with van der Waals surface area (Å²) in [5, 5.41) is 1.78. The Morgan fingerprint density at radius 3 is 3.05 bits per heavy atom. The molecule has 1 aliphatic rings. The minimum Gasteiger partial charge on any atom is -0.485 e. The molecule has 116 valence electrons. The van der Waals surface area contributed by atoms with E-state index < -0.39 is 0 Å². The maximum absolute atomic E-state index is 12.3. The van der Waals surface area contributed by atoms with E-state index in [1.807, 2.05) is 31.1 Å². The Bertz CT molecular complexity index is 645. The zero-order valence-corrected chi connectivity index (χ0v) is 13.4. The number of thiazole rings is 1. The van der Waals surface area contributed by atoms with Gasteiger partial charge in [-0.3, -0.25) is 4.79 Å². The number of ether oxygens (including phenoxy) is 1. The van der Waals surface area contributed by atoms with Crippen molar-refractivity contribution in [1.82, 2.24) is 14.9 Å². The number of hydrogen-bond acceptors (Lipinski definition) is 6. The second kappa shape index (κ2) is 6.31. The molecule has 1 aliphatic heterocycles. The van der Waals surface area contributed by atoms with Gasteiger partial charge in [-0.2, -0.15) is 0 Å². The lowest BCUT2D eigenvalue weighted by atomic mass is 10.3. The number of carbonyl (C=O) groups excluding carboxylic acids is 1. The lowest BCUT2D eigenvalue weighted by molar-refractivity contribution is 0.0767. The van der Waals surface area contributed by atoms with E-state index in [-0.39, 0.29) is 12.0 Å². The Hall–Kier alpha value is -2.15. The molecule has 3 heterocycles. The molecule has 0 saturated carbocycles. The minimum absolute atomic E-state index is 0.00881. The molecule has 0 unspecified atom stereocenters. The van der Waals surface area contributed by atoms with E-state index >= 15 is 0 Å². The van der Waals surface area contributed by atoms with Crippen molar-refractivity contribution in [3.8, 4) is 5.75 Å². The molecule has 0 N–H and O–H groups in total. The fourth-order valence-electron chi connectivity index (χ4n) is 2.48. The van der Waals surface area contributed by atoms with E-state index in [9.17, 15) is 4.79 Å². The van der Waals surface area contributed by atoms with Gasteiger partial charge in [0.2, 0.25) is 0 Å². The van der Waals surface area contributed by atoms with E-state index in [4.69, 9.17) is 4.74 Å². The zero-order valence-electron chi connectivity index (χ0n) is 12.6. The van der Waals surface area contributed by atoms with Crippen molar-refractivity contribution in [2.45, 2.75) is 12.5 Å². The van der Waals surface area contributed by atoms with Gasteiger partial charge in [0.05, 0.1) is 12.1 Å². The first-order chi connectivity index (χ1) is 10.6. The van der Waals surface area contributed by atoms with E-state index in [1.54, 1.807) is 22.0 Å². The molecule has 0 aromatic carbocycles. The highest BCUT2D eigenvalue weighted by molar-refractivity contribution is 7.07. The first-order valence-corrected chi connectivity index (χ1v) is 8.06. The number of pyridine rings is 1. The maximum atomic E-state index is 12.3. The summed E-state index contributed by atoms with van der Waals surface area (Å²) in [5.41, 5.74) is 2.19. The number of rotatable bonds is 4. The largest absolute Gasteiger partial charge is 0.485 e. The summed E-state index contributed by atoms with van der Waals surface area (Å²) in [5.74, 6) is 1.53. The maximum Gasteiger partial charge on any atom is 0.273 e. The lowest BCUT2D eigenvalue weighted by Gasteiger charge is -2.20. The fourth-order valence-corrected chi connectivity index (χ4v) is 3.00. The summed E-state index contributed by atoms with van der Waals surface area (Å²) in [6, 6.07) is 3.77. The molecule has 2 aromatic heterocycles. The van der Waals surface area contributed by atoms with Crippen molar-refractivity contribution in [2.24, 2.45) is 0 Å². The van der Waals surface area contributed by atoms with Crippen molar-refractivity contribution in [2.75, 3.05) is 32.1 Å². The van der Waals surface area contributed by atoms with E-state index in [0.29, 0.717) is 18.8 Å². The smallest absolute Gasteiger partial charge is 0.273 e. The average molecular weight is 318 g/mol. The quantitative estimate of drug-likeness (QED) is 0.862. The number of nitrogens with zero attached hydrogens (tertiary/aromatic N) is 4. The van der Waals surface area contributed by atoms with Crippen LogP contribution in [0.15, 0.2) is 29.2 Å². The molecule has 6 nitrogen and oxygen atoms in total. The molecule has 0 radical (unpaired) electrons. The first-order valence-electron chi connectivity index (χ1n) is 7.11. The Balaban J connectivity index is 1.65. The predicted octanol–water partition coefficient (Wildman–Crippen LogP) is 1.90. The van der Waals surface area contributed by atoms with Crippen molar-refractivity contribution < 1.29 is 9.53 Å². The van der Waals surface area contributed by atoms with Crippen LogP contribution in [0.2, 0.25) is 0 Å². The van der Waals surface area contributed by atoms with Crippen LogP contribution in [0.3, 0.4) is 0 Å². The van der Waals surface area contributed by atoms with Gasteiger partial charge in [-0.15, -0.1) is 11.3 Å². The highest BCUT2D eigenvalue weighted by Gasteiger charge is 2.29. The summed E-state index contributed by atoms with van der Waals surface area (Å²) in [7, 11) is 3.86. The number of carbonyl (C=O) groups is 1. The number of anilines is 1. The van der Waals surface area contributed by atoms with Crippen molar-refractivity contribution >= 4 is 23.1 Å². The second-order valence-corrected chi connectivity index (χ2v) is 6.09. The summed E-state index contributed by atoms with van der Waals surface area (Å²) < 4.78 is 6.05. The Kier molecular flexibility index (Phi) is 4.24. The lowest BCUT2D eigenvalue weighted by Crippen LogP contribution is -2.31. The van der Waals surface area contributed by atoms with E-state index in [2.05, 4.69) is 9.97 Å². The van der Waals surface area contributed by atoms with Crippen LogP contribution < -0.4 is 9.64 Å². The second-order valence-electron chi connectivity index (χ2n) is 5.37. The third kappa shape index (κ3) is 3.04. The van der Waals surface area contributed by atoms with Crippen molar-refractivity contribution in [3.05, 3.63) is 34.9 Å². The highest BCUT2D eigenvalue weighted by atomic mass is 32.1. The van der Waals surface area contributed by atoms with E-state index in [0.717, 1.165) is 18.0 Å². The highest BCUT2D eigenvalue weighted by Crippen LogP contribution is 2.27. The molecule has 7 heteroatoms. The van der Waals surface area contributed by atoms with Gasteiger partial charge in [0.25, 0.3) is 5.91 Å². The summed E-state index contributed by atoms with van der Waals surface area (Å²) >= 11 is 1.43. The number of aromatic nitrogens is 2. The molecule has 2 aromatic rings. The monoisotopic (exact) mass is 318 g/mol. The van der Waals surface area contributed by atoms with Gasteiger partial charge >= 0.3 is 0 Å². The van der Waals surface area contributed by atoms with Crippen LogP contribution in [0, 0.1) is 0 Å². The Morgan fingerprint density at radius 1 is 1.45 bits per heavy atom. The van der Waals surface area contributed by atoms with Crippen LogP contribution in [0.5, 0.6) is 5.75 Å². The zero-order chi connectivity index (χ0) is 15.5. The van der Waals surface area contributed by atoms with Crippen molar-refractivity contribution in [3.63, 3.8) is 0 Å². The van der Waals surface area contributed by atoms with Crippen LogP contribution in [-0.4, -0.2) is 54.1 Å². The average Bonchev–Trinajstić information content (AvgIpc) is 3.18. The van der Waals surface area contributed by atoms with Gasteiger partial charge in [-0.05, 0) is 12.1 Å². The first kappa shape index (κ1) is 14.8. The summed E-state index contributed by atoms with van der Waals surface area (Å²) in [4.78, 5) is 24.4. The summed E-state index contributed by atoms with van der Waals surface area (Å²) in [6.45, 7) is 1.27. The molecule has 22 heavy (non-hydrogen) atoms. The molecule has 0 spiro atoms. The third-order valence-electron chi connectivity index (χ3n) is 3.55.